The quantitative estimate of drug-likeness (QED) is 0.264. The fraction of sp³-hybridized carbons (Fsp3) is 0.452. The molecular weight excluding hydrogens is 613 g/mol. The Labute approximate surface area is 265 Å². The largest absolute Gasteiger partial charge is 0.429 e. The molecule has 236 valence electrons. The zero-order chi connectivity index (χ0) is 32.4. The fourth-order valence-electron chi connectivity index (χ4n) is 5.85. The van der Waals surface area contributed by atoms with Crippen LogP contribution in [0.2, 0.25) is 10.0 Å². The number of rotatable bonds is 9. The van der Waals surface area contributed by atoms with Crippen molar-refractivity contribution in [3.8, 4) is 6.07 Å². The second-order valence-electron chi connectivity index (χ2n) is 12.5. The molecule has 5 atom stereocenters. The Morgan fingerprint density at radius 1 is 1.27 bits per heavy atom. The highest BCUT2D eigenvalue weighted by atomic mass is 35.5. The van der Waals surface area contributed by atoms with Crippen molar-refractivity contribution in [2.75, 3.05) is 26.0 Å². The van der Waals surface area contributed by atoms with Crippen LogP contribution >= 0.6 is 23.2 Å². The first-order valence-corrected chi connectivity index (χ1v) is 14.8. The van der Waals surface area contributed by atoms with Crippen LogP contribution in [0.25, 0.3) is 0 Å². The van der Waals surface area contributed by atoms with E-state index in [2.05, 4.69) is 21.8 Å². The Morgan fingerprint density at radius 3 is 2.64 bits per heavy atom. The number of ether oxygens (including phenoxy) is 1. The predicted molar refractivity (Wildman–Crippen MR) is 165 cm³/mol. The number of aliphatic hydroxyl groups is 1. The minimum absolute atomic E-state index is 0.0166. The van der Waals surface area contributed by atoms with Gasteiger partial charge in [0.05, 0.1) is 29.7 Å². The lowest BCUT2D eigenvalue weighted by Crippen LogP contribution is -2.44. The van der Waals surface area contributed by atoms with Crippen molar-refractivity contribution >= 4 is 35.1 Å². The summed E-state index contributed by atoms with van der Waals surface area (Å²) in [7, 11) is 3.67. The maximum absolute atomic E-state index is 15.7. The van der Waals surface area contributed by atoms with Gasteiger partial charge in [0.25, 0.3) is 0 Å². The molecule has 0 radical (unpaired) electrons. The van der Waals surface area contributed by atoms with E-state index < -0.39 is 47.4 Å². The number of amides is 1. The number of anilines is 1. The van der Waals surface area contributed by atoms with E-state index in [9.17, 15) is 15.2 Å². The van der Waals surface area contributed by atoms with E-state index in [1.807, 2.05) is 39.8 Å². The number of nitriles is 1. The second-order valence-corrected chi connectivity index (χ2v) is 13.3. The van der Waals surface area contributed by atoms with E-state index in [4.69, 9.17) is 27.9 Å². The van der Waals surface area contributed by atoms with Crippen LogP contribution in [0.5, 0.6) is 0 Å². The molecule has 13 heteroatoms. The number of nitrogens with zero attached hydrogens (tertiary/aromatic N) is 4. The van der Waals surface area contributed by atoms with Gasteiger partial charge in [-0.1, -0.05) is 62.2 Å². The first-order valence-electron chi connectivity index (χ1n) is 14.0. The molecule has 1 aromatic heterocycles. The van der Waals surface area contributed by atoms with E-state index in [0.717, 1.165) is 6.07 Å². The molecule has 9 nitrogen and oxygen atoms in total. The topological polar surface area (TPSA) is 115 Å². The van der Waals surface area contributed by atoms with E-state index in [1.165, 1.54) is 41.1 Å². The molecular formula is C31H36Cl2F2N6O3. The van der Waals surface area contributed by atoms with Crippen LogP contribution in [0.15, 0.2) is 48.7 Å². The van der Waals surface area contributed by atoms with Crippen LogP contribution in [-0.4, -0.2) is 64.9 Å². The summed E-state index contributed by atoms with van der Waals surface area (Å²) < 4.78 is 38.8. The molecule has 3 aromatic rings. The molecule has 44 heavy (non-hydrogen) atoms. The molecule has 1 aliphatic rings. The third-order valence-corrected chi connectivity index (χ3v) is 8.01. The lowest BCUT2D eigenvalue weighted by atomic mass is 9.63. The van der Waals surface area contributed by atoms with Crippen LogP contribution in [0, 0.1) is 28.4 Å². The summed E-state index contributed by atoms with van der Waals surface area (Å²) in [6.07, 6.45) is -0.978. The van der Waals surface area contributed by atoms with Crippen LogP contribution in [-0.2, 0) is 16.7 Å². The molecule has 3 N–H and O–H groups in total. The fourth-order valence-corrected chi connectivity index (χ4v) is 6.19. The highest BCUT2D eigenvalue weighted by Crippen LogP contribution is 2.53. The summed E-state index contributed by atoms with van der Waals surface area (Å²) in [6, 6.07) is 11.3. The Hall–Kier alpha value is -3.27. The molecule has 1 aliphatic heterocycles. The van der Waals surface area contributed by atoms with Crippen molar-refractivity contribution in [2.45, 2.75) is 63.4 Å². The standard InChI is InChI=1S/C31H36Cl2F2N6O3/c1-30(2,3)14-24-31(17-36,21-10-9-18(32)13-23(21)34)26(20-7-6-8-22(33)27(20)35)28(37-24)44-29(43)38-25-11-12-41(39-25)16-19(42)15-40(4)5/h6-13,19,24,26,28,37,42H,14-16H2,1-5H3,(H,38,39,43)/t19-,24-,26-,28+,31-/m0/s1. The number of likely N-dealkylation sites (N-methyl/N-ethyl adjacent to an activating group) is 1. The van der Waals surface area contributed by atoms with Gasteiger partial charge < -0.3 is 14.7 Å². The van der Waals surface area contributed by atoms with E-state index in [0.29, 0.717) is 13.0 Å². The Kier molecular flexibility index (Phi) is 10.2. The van der Waals surface area contributed by atoms with Gasteiger partial charge in [-0.05, 0) is 49.7 Å². The third kappa shape index (κ3) is 7.33. The molecule has 0 saturated carbocycles. The number of aliphatic hydroxyl groups excluding tert-OH is 1. The minimum atomic E-state index is -1.75. The monoisotopic (exact) mass is 648 g/mol. The van der Waals surface area contributed by atoms with Crippen molar-refractivity contribution in [2.24, 2.45) is 5.41 Å². The van der Waals surface area contributed by atoms with Gasteiger partial charge in [0.1, 0.15) is 17.0 Å². The van der Waals surface area contributed by atoms with E-state index in [-0.39, 0.29) is 38.9 Å². The zero-order valence-electron chi connectivity index (χ0n) is 25.1. The Balaban J connectivity index is 1.74. The van der Waals surface area contributed by atoms with Gasteiger partial charge >= 0.3 is 6.09 Å². The number of halogens is 4. The SMILES string of the molecule is CN(C)C[C@H](O)Cn1ccc(NC(=O)O[C@H]2N[C@@H](CC(C)(C)C)[C@](C#N)(c3ccc(Cl)cc3F)[C@H]2c2cccc(Cl)c2F)n1. The molecule has 2 heterocycles. The third-order valence-electron chi connectivity index (χ3n) is 7.48. The van der Waals surface area contributed by atoms with Gasteiger partial charge in [-0.25, -0.2) is 13.6 Å². The van der Waals surface area contributed by atoms with Gasteiger partial charge in [0.15, 0.2) is 12.0 Å². The molecule has 0 unspecified atom stereocenters. The highest BCUT2D eigenvalue weighted by Gasteiger charge is 2.61. The van der Waals surface area contributed by atoms with Crippen LogP contribution < -0.4 is 10.6 Å². The number of carbonyl (C=O) groups is 1. The van der Waals surface area contributed by atoms with Gasteiger partial charge in [-0.2, -0.15) is 10.4 Å². The maximum atomic E-state index is 15.7. The molecule has 4 rings (SSSR count). The van der Waals surface area contributed by atoms with E-state index >= 15 is 8.78 Å². The smallest absolute Gasteiger partial charge is 0.414 e. The first kappa shape index (κ1) is 33.6. The second kappa shape index (κ2) is 13.4. The number of hydrogen-bond donors (Lipinski definition) is 3. The summed E-state index contributed by atoms with van der Waals surface area (Å²) in [5.74, 6) is -2.63. The van der Waals surface area contributed by atoms with Gasteiger partial charge in [0.2, 0.25) is 0 Å². The maximum Gasteiger partial charge on any atom is 0.414 e. The van der Waals surface area contributed by atoms with E-state index in [1.54, 1.807) is 6.20 Å². The van der Waals surface area contributed by atoms with Crippen LogP contribution in [0.1, 0.15) is 44.2 Å². The minimum Gasteiger partial charge on any atom is -0.429 e. The summed E-state index contributed by atoms with van der Waals surface area (Å²) in [4.78, 5) is 15.1. The van der Waals surface area contributed by atoms with Crippen molar-refractivity contribution in [3.05, 3.63) is 81.5 Å². The number of aromatic nitrogens is 2. The zero-order valence-corrected chi connectivity index (χ0v) is 26.6. The first-order chi connectivity index (χ1) is 20.6. The van der Waals surface area contributed by atoms with Crippen molar-refractivity contribution in [1.82, 2.24) is 20.0 Å². The molecule has 1 fully saturated rings. The van der Waals surface area contributed by atoms with Gasteiger partial charge in [0, 0.05) is 35.4 Å². The molecule has 1 saturated heterocycles. The molecule has 0 aliphatic carbocycles. The van der Waals surface area contributed by atoms with Gasteiger partial charge in [-0.3, -0.25) is 15.3 Å². The molecule has 0 bridgehead atoms. The molecule has 0 spiro atoms. The molecule has 2 aromatic carbocycles. The summed E-state index contributed by atoms with van der Waals surface area (Å²) in [5.41, 5.74) is -2.16. The summed E-state index contributed by atoms with van der Waals surface area (Å²) >= 11 is 12.2. The molecule has 1 amide bonds. The lowest BCUT2D eigenvalue weighted by Gasteiger charge is -2.37. The van der Waals surface area contributed by atoms with Crippen LogP contribution in [0.4, 0.5) is 19.4 Å². The number of carbonyl (C=O) groups excluding carboxylic acids is 1. The Morgan fingerprint density at radius 2 is 2.00 bits per heavy atom. The number of benzene rings is 2. The Bertz CT molecular complexity index is 1540. The average Bonchev–Trinajstić information content (AvgIpc) is 3.45. The highest BCUT2D eigenvalue weighted by molar-refractivity contribution is 6.31. The number of nitrogens with one attached hydrogen (secondary N) is 2. The normalized spacial score (nSPS) is 22.5. The van der Waals surface area contributed by atoms with Gasteiger partial charge in [-0.15, -0.1) is 0 Å². The summed E-state index contributed by atoms with van der Waals surface area (Å²) in [5, 5.41) is 31.1. The van der Waals surface area contributed by atoms with Crippen LogP contribution in [0.3, 0.4) is 0 Å². The predicted octanol–water partition coefficient (Wildman–Crippen LogP) is 5.92. The number of hydrogen-bond acceptors (Lipinski definition) is 7. The summed E-state index contributed by atoms with van der Waals surface area (Å²) in [6.45, 7) is 6.48. The lowest BCUT2D eigenvalue weighted by molar-refractivity contribution is 0.0850. The van der Waals surface area contributed by atoms with Crippen molar-refractivity contribution < 1.29 is 23.4 Å². The van der Waals surface area contributed by atoms with Crippen molar-refractivity contribution in [1.29, 1.82) is 5.26 Å². The average molecular weight is 650 g/mol. The van der Waals surface area contributed by atoms with Crippen molar-refractivity contribution in [3.63, 3.8) is 0 Å².